The van der Waals surface area contributed by atoms with Crippen LogP contribution in [0.5, 0.6) is 0 Å². The van der Waals surface area contributed by atoms with E-state index in [1.165, 1.54) is 17.8 Å². The Kier molecular flexibility index (Phi) is 7.23. The van der Waals surface area contributed by atoms with E-state index >= 15 is 0 Å². The van der Waals surface area contributed by atoms with Gasteiger partial charge in [0.2, 0.25) is 15.9 Å². The zero-order chi connectivity index (χ0) is 22.4. The quantitative estimate of drug-likeness (QED) is 0.529. The summed E-state index contributed by atoms with van der Waals surface area (Å²) >= 11 is 1.26. The molecule has 168 valence electrons. The lowest BCUT2D eigenvalue weighted by Gasteiger charge is -2.20. The molecule has 1 aliphatic rings. The molecule has 2 aromatic carbocycles. The fourth-order valence-electron chi connectivity index (χ4n) is 3.58. The maximum atomic E-state index is 13.0. The molecule has 10 heteroatoms. The topological polar surface area (TPSA) is 97.2 Å². The number of carbonyl (C=O) groups is 1. The molecule has 0 radical (unpaired) electrons. The molecule has 1 aliphatic heterocycles. The summed E-state index contributed by atoms with van der Waals surface area (Å²) in [6.07, 6.45) is 5.46. The Morgan fingerprint density at radius 2 is 1.75 bits per heavy atom. The van der Waals surface area contributed by atoms with E-state index in [0.29, 0.717) is 23.9 Å². The highest BCUT2D eigenvalue weighted by Crippen LogP contribution is 2.23. The highest BCUT2D eigenvalue weighted by molar-refractivity contribution is 7.99. The van der Waals surface area contributed by atoms with Crippen molar-refractivity contribution >= 4 is 33.4 Å². The van der Waals surface area contributed by atoms with Gasteiger partial charge in [0.05, 0.1) is 10.6 Å². The number of thioether (sulfide) groups is 1. The van der Waals surface area contributed by atoms with Gasteiger partial charge in [-0.15, -0.1) is 10.2 Å². The van der Waals surface area contributed by atoms with Crippen molar-refractivity contribution in [1.82, 2.24) is 19.1 Å². The van der Waals surface area contributed by atoms with Crippen LogP contribution >= 0.6 is 11.8 Å². The summed E-state index contributed by atoms with van der Waals surface area (Å²) < 4.78 is 29.4. The molecule has 0 aliphatic carbocycles. The van der Waals surface area contributed by atoms with E-state index in [1.54, 1.807) is 28.8 Å². The number of carbonyl (C=O) groups excluding carboxylic acids is 1. The van der Waals surface area contributed by atoms with Gasteiger partial charge in [0.1, 0.15) is 6.33 Å². The molecule has 0 spiro atoms. The lowest BCUT2D eigenvalue weighted by atomic mass is 10.2. The Labute approximate surface area is 192 Å². The van der Waals surface area contributed by atoms with Gasteiger partial charge in [-0.3, -0.25) is 9.36 Å². The maximum Gasteiger partial charge on any atom is 0.243 e. The number of hydrogen-bond donors (Lipinski definition) is 1. The van der Waals surface area contributed by atoms with E-state index in [9.17, 15) is 13.2 Å². The van der Waals surface area contributed by atoms with Crippen LogP contribution in [-0.4, -0.2) is 52.2 Å². The summed E-state index contributed by atoms with van der Waals surface area (Å²) in [5.74, 6) is -0.129. The lowest BCUT2D eigenvalue weighted by Crippen LogP contribution is -2.32. The summed E-state index contributed by atoms with van der Waals surface area (Å²) in [6, 6.07) is 16.1. The Morgan fingerprint density at radius 3 is 2.50 bits per heavy atom. The van der Waals surface area contributed by atoms with Crippen molar-refractivity contribution in [3.8, 4) is 5.69 Å². The van der Waals surface area contributed by atoms with Gasteiger partial charge in [-0.05, 0) is 43.2 Å². The van der Waals surface area contributed by atoms with Crippen LogP contribution in [0.25, 0.3) is 5.69 Å². The molecule has 1 N–H and O–H groups in total. The first-order chi connectivity index (χ1) is 15.5. The second kappa shape index (κ2) is 10.3. The second-order valence-corrected chi connectivity index (χ2v) is 10.4. The largest absolute Gasteiger partial charge is 0.325 e. The predicted molar refractivity (Wildman–Crippen MR) is 124 cm³/mol. The van der Waals surface area contributed by atoms with Crippen molar-refractivity contribution in [2.24, 2.45) is 0 Å². The van der Waals surface area contributed by atoms with Crippen LogP contribution in [0.4, 0.5) is 5.69 Å². The Balaban J connectivity index is 1.40. The van der Waals surface area contributed by atoms with Crippen molar-refractivity contribution in [2.75, 3.05) is 24.2 Å². The number of amides is 1. The van der Waals surface area contributed by atoms with Gasteiger partial charge in [0, 0.05) is 24.5 Å². The van der Waals surface area contributed by atoms with Gasteiger partial charge in [0.15, 0.2) is 5.16 Å². The van der Waals surface area contributed by atoms with Crippen molar-refractivity contribution in [3.63, 3.8) is 0 Å². The molecule has 1 aromatic heterocycles. The molecule has 3 aromatic rings. The Bertz CT molecular complexity index is 1160. The molecule has 0 unspecified atom stereocenters. The average molecular weight is 472 g/mol. The van der Waals surface area contributed by atoms with Crippen LogP contribution in [0.1, 0.15) is 25.7 Å². The highest BCUT2D eigenvalue weighted by atomic mass is 32.2. The minimum Gasteiger partial charge on any atom is -0.325 e. The SMILES string of the molecule is O=C(CSc1nncn1-c1ccccc1)Nc1cccc(S(=O)(=O)N2CCCCCC2)c1. The van der Waals surface area contributed by atoms with Crippen LogP contribution in [0.2, 0.25) is 0 Å². The molecule has 0 bridgehead atoms. The van der Waals surface area contributed by atoms with Crippen LogP contribution in [0, 0.1) is 0 Å². The van der Waals surface area contributed by atoms with Crippen molar-refractivity contribution < 1.29 is 13.2 Å². The molecule has 1 saturated heterocycles. The van der Waals surface area contributed by atoms with Gasteiger partial charge in [-0.2, -0.15) is 4.31 Å². The van der Waals surface area contributed by atoms with Crippen LogP contribution in [0.15, 0.2) is 71.0 Å². The number of sulfonamides is 1. The molecule has 0 saturated carbocycles. The lowest BCUT2D eigenvalue weighted by molar-refractivity contribution is -0.113. The zero-order valence-electron chi connectivity index (χ0n) is 17.6. The molecular formula is C22H25N5O3S2. The molecule has 0 atom stereocenters. The van der Waals surface area contributed by atoms with Crippen LogP contribution in [-0.2, 0) is 14.8 Å². The second-order valence-electron chi connectivity index (χ2n) is 7.50. The molecule has 1 fully saturated rings. The minimum atomic E-state index is -3.57. The number of aromatic nitrogens is 3. The van der Waals surface area contributed by atoms with E-state index in [1.807, 2.05) is 34.9 Å². The van der Waals surface area contributed by atoms with Crippen molar-refractivity contribution in [3.05, 3.63) is 60.9 Å². The normalized spacial score (nSPS) is 15.2. The first kappa shape index (κ1) is 22.5. The predicted octanol–water partition coefficient (Wildman–Crippen LogP) is 3.56. The number of nitrogens with zero attached hydrogens (tertiary/aromatic N) is 4. The summed E-state index contributed by atoms with van der Waals surface area (Å²) in [5, 5.41) is 11.4. The van der Waals surface area contributed by atoms with Gasteiger partial charge in [0.25, 0.3) is 0 Å². The molecule has 8 nitrogen and oxygen atoms in total. The Hall–Kier alpha value is -2.69. The zero-order valence-corrected chi connectivity index (χ0v) is 19.2. The highest BCUT2D eigenvalue weighted by Gasteiger charge is 2.25. The number of anilines is 1. The summed E-state index contributed by atoms with van der Waals surface area (Å²) in [5.41, 5.74) is 1.36. The maximum absolute atomic E-state index is 13.0. The number of para-hydroxylation sites is 1. The Morgan fingerprint density at radius 1 is 1.00 bits per heavy atom. The molecule has 2 heterocycles. The fraction of sp³-hybridized carbons (Fsp3) is 0.318. The average Bonchev–Trinajstić information content (AvgIpc) is 3.10. The fourth-order valence-corrected chi connectivity index (χ4v) is 5.87. The van der Waals surface area contributed by atoms with Gasteiger partial charge >= 0.3 is 0 Å². The first-order valence-electron chi connectivity index (χ1n) is 10.5. The summed E-state index contributed by atoms with van der Waals surface area (Å²) in [4.78, 5) is 12.7. The summed E-state index contributed by atoms with van der Waals surface area (Å²) in [6.45, 7) is 1.08. The number of nitrogens with one attached hydrogen (secondary N) is 1. The van der Waals surface area contributed by atoms with E-state index in [0.717, 1.165) is 31.4 Å². The third-order valence-electron chi connectivity index (χ3n) is 5.20. The monoisotopic (exact) mass is 471 g/mol. The smallest absolute Gasteiger partial charge is 0.243 e. The standard InChI is InChI=1S/C22H25N5O3S2/c28-21(16-31-22-25-23-17-27(22)19-10-4-3-5-11-19)24-18-9-8-12-20(15-18)32(29,30)26-13-6-1-2-7-14-26/h3-5,8-12,15,17H,1-2,6-7,13-14,16H2,(H,24,28). The summed E-state index contributed by atoms with van der Waals surface area (Å²) in [7, 11) is -3.57. The number of rotatable bonds is 7. The van der Waals surface area contributed by atoms with Crippen LogP contribution in [0.3, 0.4) is 0 Å². The minimum absolute atomic E-state index is 0.120. The molecule has 32 heavy (non-hydrogen) atoms. The van der Waals surface area contributed by atoms with E-state index < -0.39 is 10.0 Å². The van der Waals surface area contributed by atoms with Gasteiger partial charge in [-0.1, -0.05) is 48.9 Å². The van der Waals surface area contributed by atoms with E-state index in [4.69, 9.17) is 0 Å². The third kappa shape index (κ3) is 5.37. The number of hydrogen-bond acceptors (Lipinski definition) is 6. The third-order valence-corrected chi connectivity index (χ3v) is 8.04. The molecule has 4 rings (SSSR count). The molecular weight excluding hydrogens is 446 g/mol. The van der Waals surface area contributed by atoms with Gasteiger partial charge < -0.3 is 5.32 Å². The van der Waals surface area contributed by atoms with Gasteiger partial charge in [-0.25, -0.2) is 8.42 Å². The van der Waals surface area contributed by atoms with Crippen molar-refractivity contribution in [2.45, 2.75) is 35.7 Å². The molecule has 1 amide bonds. The van der Waals surface area contributed by atoms with E-state index in [-0.39, 0.29) is 16.6 Å². The number of benzene rings is 2. The first-order valence-corrected chi connectivity index (χ1v) is 12.9. The van der Waals surface area contributed by atoms with Crippen LogP contribution < -0.4 is 5.32 Å². The van der Waals surface area contributed by atoms with Crippen molar-refractivity contribution in [1.29, 1.82) is 0 Å². The van der Waals surface area contributed by atoms with E-state index in [2.05, 4.69) is 15.5 Å².